The fraction of sp³-hybridized carbons (Fsp3) is 0.250. The van der Waals surface area contributed by atoms with Crippen LogP contribution in [0.3, 0.4) is 0 Å². The molecular formula is C16H16FIO2. The Morgan fingerprint density at radius 3 is 2.45 bits per heavy atom. The summed E-state index contributed by atoms with van der Waals surface area (Å²) in [6, 6.07) is 12.3. The average Bonchev–Trinajstić information content (AvgIpc) is 2.40. The molecular weight excluding hydrogens is 370 g/mol. The lowest BCUT2D eigenvalue weighted by Crippen LogP contribution is -2.26. The maximum absolute atomic E-state index is 14.1. The molecule has 0 saturated carbocycles. The third-order valence-corrected chi connectivity index (χ3v) is 3.91. The van der Waals surface area contributed by atoms with Crippen molar-refractivity contribution in [2.45, 2.75) is 18.9 Å². The molecule has 0 bridgehead atoms. The van der Waals surface area contributed by atoms with E-state index in [4.69, 9.17) is 4.74 Å². The van der Waals surface area contributed by atoms with E-state index < -0.39 is 11.4 Å². The Kier molecular flexibility index (Phi) is 4.65. The van der Waals surface area contributed by atoms with Crippen molar-refractivity contribution in [2.75, 3.05) is 7.11 Å². The van der Waals surface area contributed by atoms with Gasteiger partial charge in [0.05, 0.1) is 18.3 Å². The summed E-state index contributed by atoms with van der Waals surface area (Å²) in [5.74, 6) is -0.0969. The van der Waals surface area contributed by atoms with Crippen LogP contribution in [0.2, 0.25) is 0 Å². The van der Waals surface area contributed by atoms with Gasteiger partial charge in [0.2, 0.25) is 0 Å². The smallest absolute Gasteiger partial charge is 0.133 e. The summed E-state index contributed by atoms with van der Waals surface area (Å²) in [4.78, 5) is 0. The third-order valence-electron chi connectivity index (χ3n) is 3.20. The van der Waals surface area contributed by atoms with Crippen molar-refractivity contribution in [3.05, 3.63) is 63.0 Å². The number of halogens is 2. The van der Waals surface area contributed by atoms with E-state index in [0.717, 1.165) is 9.13 Å². The molecule has 2 nitrogen and oxygen atoms in total. The molecule has 1 atom stereocenters. The van der Waals surface area contributed by atoms with Crippen LogP contribution in [0.25, 0.3) is 0 Å². The van der Waals surface area contributed by atoms with E-state index >= 15 is 0 Å². The molecule has 0 fully saturated rings. The Morgan fingerprint density at radius 2 is 1.85 bits per heavy atom. The molecule has 2 aromatic carbocycles. The lowest BCUT2D eigenvalue weighted by molar-refractivity contribution is 0.0510. The molecule has 0 amide bonds. The number of rotatable bonds is 4. The van der Waals surface area contributed by atoms with Crippen molar-refractivity contribution in [3.63, 3.8) is 0 Å². The van der Waals surface area contributed by atoms with Crippen LogP contribution in [0.5, 0.6) is 5.75 Å². The highest BCUT2D eigenvalue weighted by Crippen LogP contribution is 2.34. The van der Waals surface area contributed by atoms with Gasteiger partial charge in [0.1, 0.15) is 11.6 Å². The van der Waals surface area contributed by atoms with Gasteiger partial charge in [-0.15, -0.1) is 0 Å². The van der Waals surface area contributed by atoms with Gasteiger partial charge in [-0.2, -0.15) is 0 Å². The third kappa shape index (κ3) is 3.30. The van der Waals surface area contributed by atoms with Crippen LogP contribution in [-0.2, 0) is 12.0 Å². The highest BCUT2D eigenvalue weighted by atomic mass is 127. The number of ether oxygens (including phenoxy) is 1. The summed E-state index contributed by atoms with van der Waals surface area (Å²) >= 11 is 2.22. The summed E-state index contributed by atoms with van der Waals surface area (Å²) < 4.78 is 20.3. The Bertz CT molecular complexity index is 594. The monoisotopic (exact) mass is 386 g/mol. The normalized spacial score (nSPS) is 13.8. The van der Waals surface area contributed by atoms with Gasteiger partial charge < -0.3 is 9.84 Å². The number of methoxy groups -OCH3 is 1. The molecule has 0 aliphatic carbocycles. The van der Waals surface area contributed by atoms with Crippen molar-refractivity contribution >= 4 is 22.6 Å². The molecule has 106 valence electrons. The van der Waals surface area contributed by atoms with Gasteiger partial charge >= 0.3 is 0 Å². The molecule has 1 unspecified atom stereocenters. The van der Waals surface area contributed by atoms with Crippen molar-refractivity contribution < 1.29 is 14.2 Å². The molecule has 2 rings (SSSR count). The maximum Gasteiger partial charge on any atom is 0.133 e. The van der Waals surface area contributed by atoms with Gasteiger partial charge in [0, 0.05) is 9.99 Å². The second-order valence-corrected chi connectivity index (χ2v) is 6.14. The number of benzene rings is 2. The minimum atomic E-state index is -1.33. The number of hydrogen-bond acceptors (Lipinski definition) is 2. The lowest BCUT2D eigenvalue weighted by Gasteiger charge is -2.26. The van der Waals surface area contributed by atoms with Crippen LogP contribution < -0.4 is 4.74 Å². The van der Waals surface area contributed by atoms with E-state index in [2.05, 4.69) is 22.6 Å². The molecule has 0 radical (unpaired) electrons. The average molecular weight is 386 g/mol. The zero-order valence-electron chi connectivity index (χ0n) is 11.4. The van der Waals surface area contributed by atoms with Crippen LogP contribution in [0.4, 0.5) is 4.39 Å². The zero-order valence-corrected chi connectivity index (χ0v) is 13.5. The summed E-state index contributed by atoms with van der Waals surface area (Å²) in [6.45, 7) is 1.60. The predicted octanol–water partition coefficient (Wildman–Crippen LogP) is 3.89. The first-order valence-corrected chi connectivity index (χ1v) is 7.32. The van der Waals surface area contributed by atoms with Gasteiger partial charge in [-0.05, 0) is 59.3 Å². The summed E-state index contributed by atoms with van der Waals surface area (Å²) in [5.41, 5.74) is -0.189. The minimum Gasteiger partial charge on any atom is -0.496 e. The molecule has 0 aliphatic heterocycles. The fourth-order valence-electron chi connectivity index (χ4n) is 2.29. The largest absolute Gasteiger partial charge is 0.496 e. The molecule has 0 heterocycles. The SMILES string of the molecule is COc1cccc(F)c1C(C)(O)Cc1ccc(I)cc1. The first-order valence-electron chi connectivity index (χ1n) is 6.24. The molecule has 0 aliphatic rings. The minimum absolute atomic E-state index is 0.195. The van der Waals surface area contributed by atoms with Crippen LogP contribution in [0.1, 0.15) is 18.1 Å². The number of aliphatic hydroxyl groups is 1. The van der Waals surface area contributed by atoms with E-state index in [0.29, 0.717) is 12.2 Å². The van der Waals surface area contributed by atoms with Gasteiger partial charge in [-0.1, -0.05) is 18.2 Å². The topological polar surface area (TPSA) is 29.5 Å². The van der Waals surface area contributed by atoms with Crippen LogP contribution in [0.15, 0.2) is 42.5 Å². The standard InChI is InChI=1S/C16H16FIO2/c1-16(19,10-11-6-8-12(18)9-7-11)15-13(17)4-3-5-14(15)20-2/h3-9,19H,10H2,1-2H3. The molecule has 1 N–H and O–H groups in total. The predicted molar refractivity (Wildman–Crippen MR) is 85.4 cm³/mol. The summed E-state index contributed by atoms with van der Waals surface area (Å²) in [6.07, 6.45) is 0.321. The number of hydrogen-bond donors (Lipinski definition) is 1. The van der Waals surface area contributed by atoms with Crippen LogP contribution in [-0.4, -0.2) is 12.2 Å². The Labute approximate surface area is 131 Å². The Balaban J connectivity index is 2.37. The molecule has 0 aromatic heterocycles. The highest BCUT2D eigenvalue weighted by Gasteiger charge is 2.30. The molecule has 0 spiro atoms. The summed E-state index contributed by atoms with van der Waals surface area (Å²) in [7, 11) is 1.47. The van der Waals surface area contributed by atoms with Gasteiger partial charge in [-0.3, -0.25) is 0 Å². The van der Waals surface area contributed by atoms with Crippen LogP contribution >= 0.6 is 22.6 Å². The Morgan fingerprint density at radius 1 is 1.20 bits per heavy atom. The van der Waals surface area contributed by atoms with Crippen molar-refractivity contribution in [3.8, 4) is 5.75 Å². The van der Waals surface area contributed by atoms with Crippen molar-refractivity contribution in [1.82, 2.24) is 0 Å². The highest BCUT2D eigenvalue weighted by molar-refractivity contribution is 14.1. The van der Waals surface area contributed by atoms with E-state index in [9.17, 15) is 9.50 Å². The first-order chi connectivity index (χ1) is 9.44. The van der Waals surface area contributed by atoms with E-state index in [-0.39, 0.29) is 5.56 Å². The van der Waals surface area contributed by atoms with Crippen molar-refractivity contribution in [1.29, 1.82) is 0 Å². The molecule has 20 heavy (non-hydrogen) atoms. The second-order valence-electron chi connectivity index (χ2n) is 4.89. The molecule has 2 aromatic rings. The van der Waals surface area contributed by atoms with E-state index in [1.165, 1.54) is 13.2 Å². The molecule has 4 heteroatoms. The van der Waals surface area contributed by atoms with Crippen LogP contribution in [0, 0.1) is 9.39 Å². The van der Waals surface area contributed by atoms with E-state index in [1.807, 2.05) is 24.3 Å². The van der Waals surface area contributed by atoms with E-state index in [1.54, 1.807) is 19.1 Å². The lowest BCUT2D eigenvalue weighted by atomic mass is 9.88. The second kappa shape index (κ2) is 6.10. The fourth-order valence-corrected chi connectivity index (χ4v) is 2.64. The Hall–Kier alpha value is -1.14. The van der Waals surface area contributed by atoms with Crippen molar-refractivity contribution in [2.24, 2.45) is 0 Å². The van der Waals surface area contributed by atoms with Gasteiger partial charge in [0.15, 0.2) is 0 Å². The quantitative estimate of drug-likeness (QED) is 0.809. The molecule has 0 saturated heterocycles. The summed E-state index contributed by atoms with van der Waals surface area (Å²) in [5, 5.41) is 10.7. The zero-order chi connectivity index (χ0) is 14.8. The first kappa shape index (κ1) is 15.3. The maximum atomic E-state index is 14.1. The van der Waals surface area contributed by atoms with Gasteiger partial charge in [0.25, 0.3) is 0 Å². The van der Waals surface area contributed by atoms with Gasteiger partial charge in [-0.25, -0.2) is 4.39 Å².